The van der Waals surface area contributed by atoms with Crippen LogP contribution in [0, 0.1) is 0 Å². The van der Waals surface area contributed by atoms with Crippen molar-refractivity contribution in [3.63, 3.8) is 0 Å². The van der Waals surface area contributed by atoms with E-state index in [1.54, 1.807) is 0 Å². The fourth-order valence-electron chi connectivity index (χ4n) is 0.793. The number of aliphatic carboxylic acids is 1. The van der Waals surface area contributed by atoms with Crippen LogP contribution in [0.5, 0.6) is 0 Å². The number of thiol groups is 1. The van der Waals surface area contributed by atoms with Crippen LogP contribution in [0.15, 0.2) is 4.52 Å². The van der Waals surface area contributed by atoms with E-state index in [1.165, 1.54) is 0 Å². The Labute approximate surface area is 142 Å². The van der Waals surface area contributed by atoms with Crippen LogP contribution in [0.4, 0.5) is 0 Å². The van der Waals surface area contributed by atoms with Crippen molar-refractivity contribution in [3.05, 3.63) is 0 Å². The Morgan fingerprint density at radius 2 is 2.11 bits per heavy atom. The van der Waals surface area contributed by atoms with Gasteiger partial charge in [0.2, 0.25) is 14.3 Å². The van der Waals surface area contributed by atoms with Crippen LogP contribution in [0.25, 0.3) is 0 Å². The molecule has 0 aliphatic carbocycles. The van der Waals surface area contributed by atoms with Crippen LogP contribution in [-0.2, 0) is 4.79 Å². The zero-order valence-corrected chi connectivity index (χ0v) is 16.0. The van der Waals surface area contributed by atoms with E-state index in [9.17, 15) is 4.79 Å². The number of nitrogens with zero attached hydrogens (tertiary/aromatic N) is 3. The van der Waals surface area contributed by atoms with Gasteiger partial charge in [0.25, 0.3) is 0 Å². The molecule has 0 aromatic carbocycles. The van der Waals surface area contributed by atoms with Crippen molar-refractivity contribution in [1.29, 1.82) is 0 Å². The molecule has 0 amide bonds. The molecule has 1 heterocycles. The maximum Gasteiger partial charge on any atom is 0.322 e. The fourth-order valence-corrected chi connectivity index (χ4v) is 12.4. The lowest BCUT2D eigenvalue weighted by molar-refractivity contribution is -0.138. The minimum absolute atomic E-state index is 0.0361. The van der Waals surface area contributed by atoms with Crippen molar-refractivity contribution in [2.45, 2.75) is 6.04 Å². The molecule has 0 saturated carbocycles. The predicted octanol–water partition coefficient (Wildman–Crippen LogP) is 4.51. The van der Waals surface area contributed by atoms with Gasteiger partial charge in [-0.1, -0.05) is 11.2 Å². The lowest BCUT2D eigenvalue weighted by atomic mass is 10.4. The van der Waals surface area contributed by atoms with Gasteiger partial charge in [0.1, 0.15) is 6.04 Å². The average Bonchev–Trinajstić information content (AvgIpc) is 2.34. The van der Waals surface area contributed by atoms with E-state index in [-0.39, 0.29) is 5.75 Å². The molecular formula is C3H7Cl5N5O2P3S. The Balaban J connectivity index is 2.85. The number of carbonyl (C=O) groups is 1. The normalized spacial score (nSPS) is 34.8. The highest BCUT2D eigenvalue weighted by atomic mass is 35.7. The third-order valence-electron chi connectivity index (χ3n) is 1.68. The van der Waals surface area contributed by atoms with Crippen LogP contribution in [0.1, 0.15) is 0 Å². The van der Waals surface area contributed by atoms with Gasteiger partial charge in [-0.3, -0.25) is 4.79 Å². The Bertz CT molecular complexity index is 406. The summed E-state index contributed by atoms with van der Waals surface area (Å²) in [5.74, 6) is -1.07. The minimum atomic E-state index is -3.01. The van der Waals surface area contributed by atoms with Gasteiger partial charge < -0.3 is 5.11 Å². The SMILES string of the molecule is O=C(O)[C@H](CS)NNP1(Cl)=NP(Cl)N(Cl)P(Cl)N1Cl. The molecule has 19 heavy (non-hydrogen) atoms. The number of halogens is 5. The molecule has 3 N–H and O–H groups in total. The van der Waals surface area contributed by atoms with Crippen LogP contribution < -0.4 is 10.6 Å². The molecule has 112 valence electrons. The van der Waals surface area contributed by atoms with Crippen molar-refractivity contribution >= 4 is 97.7 Å². The van der Waals surface area contributed by atoms with Crippen molar-refractivity contribution in [2.75, 3.05) is 5.75 Å². The maximum atomic E-state index is 10.8. The van der Waals surface area contributed by atoms with Crippen LogP contribution >= 0.6 is 91.8 Å². The van der Waals surface area contributed by atoms with E-state index < -0.39 is 33.9 Å². The molecule has 0 bridgehead atoms. The van der Waals surface area contributed by atoms with Gasteiger partial charge in [0.15, 0.2) is 7.58 Å². The van der Waals surface area contributed by atoms with Crippen LogP contribution in [0.3, 0.4) is 0 Å². The van der Waals surface area contributed by atoms with E-state index in [4.69, 9.17) is 62.4 Å². The number of hydrogen-bond acceptors (Lipinski definition) is 7. The lowest BCUT2D eigenvalue weighted by Crippen LogP contribution is -2.45. The first-order valence-electron chi connectivity index (χ1n) is 4.25. The molecule has 0 spiro atoms. The topological polar surface area (TPSA) is 80.2 Å². The highest BCUT2D eigenvalue weighted by Gasteiger charge is 2.43. The number of hydrazine groups is 1. The number of nitrogens with one attached hydrogen (secondary N) is 2. The zero-order valence-electron chi connectivity index (χ0n) is 8.66. The molecule has 1 aliphatic heterocycles. The van der Waals surface area contributed by atoms with Crippen LogP contribution in [0.2, 0.25) is 0 Å². The highest BCUT2D eigenvalue weighted by molar-refractivity contribution is 8.07. The monoisotopic (exact) mass is 445 g/mol. The molecule has 0 saturated heterocycles. The third kappa shape index (κ3) is 4.84. The van der Waals surface area contributed by atoms with Crippen molar-refractivity contribution in [2.24, 2.45) is 4.52 Å². The molecule has 0 aromatic heterocycles. The first-order chi connectivity index (χ1) is 8.73. The Morgan fingerprint density at radius 3 is 2.58 bits per heavy atom. The summed E-state index contributed by atoms with van der Waals surface area (Å²) < 4.78 is 6.12. The summed E-state index contributed by atoms with van der Waals surface area (Å²) in [6, 6.07) is -0.976. The fraction of sp³-hybridized carbons (Fsp3) is 0.667. The van der Waals surface area contributed by atoms with Gasteiger partial charge in [-0.15, -0.1) is 7.92 Å². The summed E-state index contributed by atoms with van der Waals surface area (Å²) in [6.07, 6.45) is 0. The first kappa shape index (κ1) is 19.2. The molecule has 1 rings (SSSR count). The van der Waals surface area contributed by atoms with Gasteiger partial charge in [-0.05, 0) is 46.0 Å². The molecule has 1 aliphatic rings. The Kier molecular flexibility index (Phi) is 8.27. The van der Waals surface area contributed by atoms with Gasteiger partial charge in [-0.2, -0.15) is 22.3 Å². The second-order valence-corrected chi connectivity index (χ2v) is 13.3. The molecule has 3 unspecified atom stereocenters. The molecule has 4 atom stereocenters. The molecular weight excluding hydrogens is 440 g/mol. The molecule has 0 fully saturated rings. The Morgan fingerprint density at radius 1 is 1.53 bits per heavy atom. The predicted molar refractivity (Wildman–Crippen MR) is 87.7 cm³/mol. The van der Waals surface area contributed by atoms with Crippen molar-refractivity contribution in [3.8, 4) is 0 Å². The molecule has 0 aromatic rings. The summed E-state index contributed by atoms with van der Waals surface area (Å²) in [7, 11) is -3.31. The zero-order chi connectivity index (χ0) is 14.8. The molecule has 7 nitrogen and oxygen atoms in total. The number of hydrogen-bond donors (Lipinski definition) is 4. The quantitative estimate of drug-likeness (QED) is 0.215. The van der Waals surface area contributed by atoms with E-state index in [0.717, 1.165) is 7.92 Å². The number of rotatable bonds is 5. The van der Waals surface area contributed by atoms with Gasteiger partial charge in [0, 0.05) is 5.75 Å². The molecule has 16 heteroatoms. The maximum absolute atomic E-state index is 10.8. The van der Waals surface area contributed by atoms with E-state index in [1.807, 2.05) is 0 Å². The molecule has 0 radical (unpaired) electrons. The summed E-state index contributed by atoms with van der Waals surface area (Å²) in [5, 5.41) is 11.4. The van der Waals surface area contributed by atoms with Crippen molar-refractivity contribution < 1.29 is 9.90 Å². The Hall–Kier alpha value is 2.20. The number of carboxylic acid groups (broad SMARTS) is 1. The lowest BCUT2D eigenvalue weighted by Gasteiger charge is -2.37. The largest absolute Gasteiger partial charge is 0.480 e. The second-order valence-electron chi connectivity index (χ2n) is 2.91. The average molecular weight is 447 g/mol. The van der Waals surface area contributed by atoms with E-state index >= 15 is 0 Å². The van der Waals surface area contributed by atoms with Crippen molar-refractivity contribution in [1.82, 2.24) is 18.5 Å². The third-order valence-corrected chi connectivity index (χ3v) is 15.0. The first-order valence-corrected chi connectivity index (χ1v) is 12.5. The van der Waals surface area contributed by atoms with E-state index in [0.29, 0.717) is 0 Å². The standard InChI is InChI=1S/C3H7Cl5N5O2P3S/c4-12-16(6)11-18(8,13(5)17(12)7)10-9-2(1-19)3(14)15/h2,9-10,19H,1H2,(H,14,15)/t2-,16?,17?,18?/m0/s1. The summed E-state index contributed by atoms with van der Waals surface area (Å²) in [6.45, 7) is -3.01. The summed E-state index contributed by atoms with van der Waals surface area (Å²) in [4.78, 5) is 10.8. The second kappa shape index (κ2) is 8.16. The summed E-state index contributed by atoms with van der Waals surface area (Å²) in [5.41, 5.74) is 2.48. The highest BCUT2D eigenvalue weighted by Crippen LogP contribution is 2.82. The smallest absolute Gasteiger partial charge is 0.322 e. The minimum Gasteiger partial charge on any atom is -0.480 e. The van der Waals surface area contributed by atoms with E-state index in [2.05, 4.69) is 27.8 Å². The van der Waals surface area contributed by atoms with Gasteiger partial charge in [-0.25, -0.2) is 5.43 Å². The number of carboxylic acids is 1. The van der Waals surface area contributed by atoms with Gasteiger partial charge in [0.05, 0.1) is 0 Å². The van der Waals surface area contributed by atoms with Gasteiger partial charge >= 0.3 is 5.97 Å². The summed E-state index contributed by atoms with van der Waals surface area (Å²) >= 11 is 33.7. The van der Waals surface area contributed by atoms with Crippen LogP contribution in [-0.4, -0.2) is 30.8 Å².